The maximum Gasteiger partial charge on any atom is 0.146 e. The van der Waals surface area contributed by atoms with Crippen LogP contribution in [0.25, 0.3) is 0 Å². The van der Waals surface area contributed by atoms with E-state index in [-0.39, 0.29) is 0 Å². The molecule has 0 radical (unpaired) electrons. The van der Waals surface area contributed by atoms with Crippen molar-refractivity contribution < 1.29 is 19.3 Å². The number of halogens is 2. The summed E-state index contributed by atoms with van der Waals surface area (Å²) in [6.45, 7) is 3.64. The van der Waals surface area contributed by atoms with Gasteiger partial charge in [0, 0.05) is 18.7 Å². The average molecular weight is 458 g/mol. The minimum atomic E-state index is -0.808. The number of rotatable bonds is 11. The van der Waals surface area contributed by atoms with Gasteiger partial charge in [0.25, 0.3) is 0 Å². The van der Waals surface area contributed by atoms with Gasteiger partial charge in [-0.15, -0.1) is 0 Å². The van der Waals surface area contributed by atoms with E-state index >= 15 is 0 Å². The molecular formula is C21H26BrClO4. The molecule has 0 aliphatic rings. The maximum atomic E-state index is 10.8. The number of hydrogen-bond donors (Lipinski definition) is 1. The van der Waals surface area contributed by atoms with E-state index in [0.717, 1.165) is 34.9 Å². The third-order valence-corrected chi connectivity index (χ3v) is 5.08. The van der Waals surface area contributed by atoms with Gasteiger partial charge < -0.3 is 19.3 Å². The first-order chi connectivity index (χ1) is 13.1. The second-order valence-corrected chi connectivity index (χ2v) is 7.48. The Hall–Kier alpha value is -1.11. The van der Waals surface area contributed by atoms with Crippen LogP contribution in [0.2, 0.25) is 5.02 Å². The highest BCUT2D eigenvalue weighted by Gasteiger charge is 2.17. The summed E-state index contributed by atoms with van der Waals surface area (Å²) >= 11 is 9.91. The molecule has 0 aromatic heterocycles. The summed E-state index contributed by atoms with van der Waals surface area (Å²) in [6.07, 6.45) is 2.03. The molecule has 0 spiro atoms. The van der Waals surface area contributed by atoms with Crippen LogP contribution >= 0.6 is 27.5 Å². The Morgan fingerprint density at radius 2 is 1.89 bits per heavy atom. The number of benzene rings is 2. The van der Waals surface area contributed by atoms with Crippen molar-refractivity contribution in [2.75, 3.05) is 27.1 Å². The lowest BCUT2D eigenvalue weighted by Crippen LogP contribution is -2.04. The lowest BCUT2D eigenvalue weighted by atomic mass is 9.99. The van der Waals surface area contributed by atoms with Crippen LogP contribution in [0.5, 0.6) is 5.75 Å². The zero-order chi connectivity index (χ0) is 19.6. The maximum absolute atomic E-state index is 10.8. The van der Waals surface area contributed by atoms with Crippen molar-refractivity contribution in [1.82, 2.24) is 0 Å². The van der Waals surface area contributed by atoms with Crippen LogP contribution in [0.1, 0.15) is 42.6 Å². The van der Waals surface area contributed by atoms with E-state index < -0.39 is 6.10 Å². The van der Waals surface area contributed by atoms with E-state index in [4.69, 9.17) is 25.8 Å². The molecule has 0 aliphatic heterocycles. The van der Waals surface area contributed by atoms with Crippen LogP contribution in [0.4, 0.5) is 0 Å². The van der Waals surface area contributed by atoms with Gasteiger partial charge in [-0.05, 0) is 46.0 Å². The molecule has 2 aromatic rings. The molecule has 1 unspecified atom stereocenters. The Kier molecular flexibility index (Phi) is 9.59. The Morgan fingerprint density at radius 1 is 1.15 bits per heavy atom. The first-order valence-electron chi connectivity index (χ1n) is 9.02. The standard InChI is InChI=1S/C21H26BrClO4/c1-3-4-10-27-20-13-19(23)17(12-18(20)22)21(24)16-7-5-15(6-8-16)9-11-26-14-25-2/h5-8,12-13,21,24H,3-4,9-11,14H2,1-2H3. The Labute approximate surface area is 174 Å². The van der Waals surface area contributed by atoms with Crippen LogP contribution < -0.4 is 4.74 Å². The monoisotopic (exact) mass is 456 g/mol. The highest BCUT2D eigenvalue weighted by molar-refractivity contribution is 9.10. The van der Waals surface area contributed by atoms with Gasteiger partial charge in [0.15, 0.2) is 0 Å². The molecule has 1 atom stereocenters. The van der Waals surface area contributed by atoms with Crippen LogP contribution in [-0.4, -0.2) is 32.2 Å². The molecule has 0 bridgehead atoms. The molecule has 0 fully saturated rings. The van der Waals surface area contributed by atoms with Crippen molar-refractivity contribution in [2.45, 2.75) is 32.3 Å². The van der Waals surface area contributed by atoms with Gasteiger partial charge >= 0.3 is 0 Å². The minimum Gasteiger partial charge on any atom is -0.492 e. The summed E-state index contributed by atoms with van der Waals surface area (Å²) in [4.78, 5) is 0. The number of hydrogen-bond acceptors (Lipinski definition) is 4. The van der Waals surface area contributed by atoms with Crippen molar-refractivity contribution in [3.05, 3.63) is 62.6 Å². The highest BCUT2D eigenvalue weighted by atomic mass is 79.9. The van der Waals surface area contributed by atoms with Crippen molar-refractivity contribution in [1.29, 1.82) is 0 Å². The molecule has 6 heteroatoms. The summed E-state index contributed by atoms with van der Waals surface area (Å²) in [7, 11) is 1.60. The minimum absolute atomic E-state index is 0.294. The van der Waals surface area contributed by atoms with Crippen LogP contribution in [0.15, 0.2) is 40.9 Å². The summed E-state index contributed by atoms with van der Waals surface area (Å²) in [5.41, 5.74) is 2.56. The molecule has 2 aromatic carbocycles. The van der Waals surface area contributed by atoms with Crippen LogP contribution in [-0.2, 0) is 15.9 Å². The fraction of sp³-hybridized carbons (Fsp3) is 0.429. The first kappa shape index (κ1) is 22.2. The number of aliphatic hydroxyl groups excluding tert-OH is 1. The van der Waals surface area contributed by atoms with E-state index in [1.807, 2.05) is 30.3 Å². The van der Waals surface area contributed by atoms with E-state index in [2.05, 4.69) is 22.9 Å². The average Bonchev–Trinajstić information content (AvgIpc) is 2.68. The van der Waals surface area contributed by atoms with Gasteiger partial charge in [-0.1, -0.05) is 49.2 Å². The molecule has 2 rings (SSSR count). The lowest BCUT2D eigenvalue weighted by Gasteiger charge is -2.16. The predicted molar refractivity (Wildman–Crippen MR) is 112 cm³/mol. The fourth-order valence-electron chi connectivity index (χ4n) is 2.57. The number of unbranched alkanes of at least 4 members (excludes halogenated alkanes) is 1. The van der Waals surface area contributed by atoms with Gasteiger partial charge in [-0.25, -0.2) is 0 Å². The predicted octanol–water partition coefficient (Wildman–Crippen LogP) is 5.53. The normalized spacial score (nSPS) is 12.2. The molecule has 0 heterocycles. The summed E-state index contributed by atoms with van der Waals surface area (Å²) in [5, 5.41) is 11.2. The van der Waals surface area contributed by atoms with Gasteiger partial charge in [-0.3, -0.25) is 0 Å². The van der Waals surface area contributed by atoms with Crippen molar-refractivity contribution in [3.63, 3.8) is 0 Å². The number of aliphatic hydroxyl groups is 1. The largest absolute Gasteiger partial charge is 0.492 e. The molecule has 4 nitrogen and oxygen atoms in total. The summed E-state index contributed by atoms with van der Waals surface area (Å²) in [5.74, 6) is 0.691. The third-order valence-electron chi connectivity index (χ3n) is 4.13. The molecule has 0 amide bonds. The zero-order valence-corrected chi connectivity index (χ0v) is 18.1. The first-order valence-corrected chi connectivity index (χ1v) is 10.2. The summed E-state index contributed by atoms with van der Waals surface area (Å²) < 4.78 is 16.7. The quantitative estimate of drug-likeness (QED) is 0.356. The Balaban J connectivity index is 2.05. The molecule has 0 aliphatic carbocycles. The molecule has 148 valence electrons. The Bertz CT molecular complexity index is 706. The zero-order valence-electron chi connectivity index (χ0n) is 15.7. The second kappa shape index (κ2) is 11.7. The molecular weight excluding hydrogens is 432 g/mol. The molecule has 1 N–H and O–H groups in total. The number of ether oxygens (including phenoxy) is 3. The van der Waals surface area contributed by atoms with E-state index in [1.165, 1.54) is 0 Å². The lowest BCUT2D eigenvalue weighted by molar-refractivity contribution is -0.0291. The molecule has 27 heavy (non-hydrogen) atoms. The van der Waals surface area contributed by atoms with Crippen molar-refractivity contribution in [3.8, 4) is 5.75 Å². The van der Waals surface area contributed by atoms with Gasteiger partial charge in [-0.2, -0.15) is 0 Å². The van der Waals surface area contributed by atoms with E-state index in [9.17, 15) is 5.11 Å². The number of methoxy groups -OCH3 is 1. The van der Waals surface area contributed by atoms with Gasteiger partial charge in [0.1, 0.15) is 18.6 Å². The van der Waals surface area contributed by atoms with Crippen LogP contribution in [0.3, 0.4) is 0 Å². The van der Waals surface area contributed by atoms with Crippen LogP contribution in [0, 0.1) is 0 Å². The smallest absolute Gasteiger partial charge is 0.146 e. The Morgan fingerprint density at radius 3 is 2.56 bits per heavy atom. The fourth-order valence-corrected chi connectivity index (χ4v) is 3.30. The summed E-state index contributed by atoms with van der Waals surface area (Å²) in [6, 6.07) is 11.4. The third kappa shape index (κ3) is 6.77. The highest BCUT2D eigenvalue weighted by Crippen LogP contribution is 2.36. The van der Waals surface area contributed by atoms with E-state index in [1.54, 1.807) is 13.2 Å². The van der Waals surface area contributed by atoms with Crippen molar-refractivity contribution >= 4 is 27.5 Å². The topological polar surface area (TPSA) is 47.9 Å². The van der Waals surface area contributed by atoms with Gasteiger partial charge in [0.2, 0.25) is 0 Å². The van der Waals surface area contributed by atoms with Gasteiger partial charge in [0.05, 0.1) is 22.7 Å². The SMILES string of the molecule is CCCCOc1cc(Cl)c(C(O)c2ccc(CCOCOC)cc2)cc1Br. The van der Waals surface area contributed by atoms with Crippen molar-refractivity contribution in [2.24, 2.45) is 0 Å². The second-order valence-electron chi connectivity index (χ2n) is 6.22. The molecule has 0 saturated heterocycles. The van der Waals surface area contributed by atoms with E-state index in [0.29, 0.717) is 36.3 Å². The molecule has 0 saturated carbocycles.